The molecule has 0 aromatic rings. The molecule has 0 atom stereocenters. The molecule has 0 rings (SSSR count). The molecule has 0 N–H and O–H groups in total. The van der Waals surface area contributed by atoms with Crippen LogP contribution < -0.4 is 0 Å². The van der Waals surface area contributed by atoms with E-state index >= 15 is 0 Å². The molecular weight excluding hydrogens is 140 g/mol. The molecule has 0 saturated heterocycles. The third kappa shape index (κ3) is 4.79. The fourth-order valence-corrected chi connectivity index (χ4v) is 0.189. The van der Waals surface area contributed by atoms with Crippen LogP contribution in [0.25, 0.3) is 0 Å². The summed E-state index contributed by atoms with van der Waals surface area (Å²) in [5.74, 6) is 0. The van der Waals surface area contributed by atoms with Gasteiger partial charge < -0.3 is 4.74 Å². The van der Waals surface area contributed by atoms with Crippen molar-refractivity contribution in [2.75, 3.05) is 6.61 Å². The summed E-state index contributed by atoms with van der Waals surface area (Å²) in [5.41, 5.74) is 0. The third-order valence-corrected chi connectivity index (χ3v) is 0.457. The first kappa shape index (κ1) is 8.64. The summed E-state index contributed by atoms with van der Waals surface area (Å²) >= 11 is 0. The summed E-state index contributed by atoms with van der Waals surface area (Å²) in [5, 5.41) is 0. The monoisotopic (exact) mass is 146 g/mol. The maximum absolute atomic E-state index is 10.1. The van der Waals surface area contributed by atoms with Crippen molar-refractivity contribution >= 4 is 12.6 Å². The minimum atomic E-state index is -1.20. The normalized spacial score (nSPS) is 8.00. The Morgan fingerprint density at radius 2 is 2.30 bits per heavy atom. The van der Waals surface area contributed by atoms with Gasteiger partial charge in [0.2, 0.25) is 0 Å². The molecular formula is C5H6O5. The van der Waals surface area contributed by atoms with Crippen molar-refractivity contribution in [3.63, 3.8) is 0 Å². The van der Waals surface area contributed by atoms with Crippen molar-refractivity contribution in [2.24, 2.45) is 0 Å². The van der Waals surface area contributed by atoms with Crippen LogP contribution in [0.1, 0.15) is 0 Å². The molecule has 0 spiro atoms. The Morgan fingerprint density at radius 1 is 1.60 bits per heavy atom. The summed E-state index contributed by atoms with van der Waals surface area (Å²) < 4.78 is 3.69. The van der Waals surface area contributed by atoms with Crippen molar-refractivity contribution in [1.29, 1.82) is 0 Å². The van der Waals surface area contributed by atoms with Gasteiger partial charge in [-0.3, -0.25) is 9.68 Å². The first-order valence-corrected chi connectivity index (χ1v) is 2.36. The van der Waals surface area contributed by atoms with Crippen LogP contribution in [0.5, 0.6) is 0 Å². The Balaban J connectivity index is 3.20. The van der Waals surface area contributed by atoms with Gasteiger partial charge in [-0.2, -0.15) is 4.89 Å². The summed E-state index contributed by atoms with van der Waals surface area (Å²) in [7, 11) is 0. The van der Waals surface area contributed by atoms with Gasteiger partial charge >= 0.3 is 12.6 Å². The summed E-state index contributed by atoms with van der Waals surface area (Å²) in [6.45, 7) is 3.27. The fraction of sp³-hybridized carbons (Fsp3) is 0.200. The fourth-order valence-electron chi connectivity index (χ4n) is 0.189. The Morgan fingerprint density at radius 3 is 2.80 bits per heavy atom. The second kappa shape index (κ2) is 5.77. The molecule has 5 nitrogen and oxygen atoms in total. The number of carbonyl (C=O) groups is 2. The van der Waals surface area contributed by atoms with E-state index in [2.05, 4.69) is 21.1 Å². The number of carbonyl (C=O) groups excluding carboxylic acids is 2. The number of hydrogen-bond donors (Lipinski definition) is 0. The predicted molar refractivity (Wildman–Crippen MR) is 29.8 cm³/mol. The molecule has 0 aliphatic heterocycles. The maximum Gasteiger partial charge on any atom is 0.548 e. The third-order valence-electron chi connectivity index (χ3n) is 0.457. The lowest BCUT2D eigenvalue weighted by atomic mass is 10.7. The lowest BCUT2D eigenvalue weighted by Gasteiger charge is -1.95. The van der Waals surface area contributed by atoms with Gasteiger partial charge in [-0.05, 0) is 0 Å². The molecule has 0 amide bonds. The van der Waals surface area contributed by atoms with Crippen molar-refractivity contribution in [3.8, 4) is 0 Å². The molecule has 0 bridgehead atoms. The van der Waals surface area contributed by atoms with E-state index < -0.39 is 6.16 Å². The molecule has 0 fully saturated rings. The molecule has 0 heterocycles. The Bertz CT molecular complexity index is 130. The van der Waals surface area contributed by atoms with E-state index in [0.717, 1.165) is 0 Å². The highest BCUT2D eigenvalue weighted by Crippen LogP contribution is 1.83. The predicted octanol–water partition coefficient (Wildman–Crippen LogP) is 0.414. The van der Waals surface area contributed by atoms with Gasteiger partial charge in [0.25, 0.3) is 0 Å². The van der Waals surface area contributed by atoms with E-state index in [-0.39, 0.29) is 13.1 Å². The molecule has 10 heavy (non-hydrogen) atoms. The van der Waals surface area contributed by atoms with Gasteiger partial charge in [0.15, 0.2) is 0 Å². The van der Waals surface area contributed by atoms with Crippen LogP contribution in [-0.2, 0) is 19.3 Å². The minimum absolute atomic E-state index is 0.0496. The largest absolute Gasteiger partial charge is 0.548 e. The van der Waals surface area contributed by atoms with Gasteiger partial charge in [0.05, 0.1) is 0 Å². The van der Waals surface area contributed by atoms with Crippen molar-refractivity contribution in [3.05, 3.63) is 12.7 Å². The molecule has 0 aromatic carbocycles. The van der Waals surface area contributed by atoms with Crippen LogP contribution in [0, 0.1) is 0 Å². The standard InChI is InChI=1S/C5H6O5/c1-2-3-9-10-5(7)8-4-6/h2,4H,1,3H2. The Labute approximate surface area is 57.1 Å². The van der Waals surface area contributed by atoms with Crippen LogP contribution in [-0.4, -0.2) is 19.2 Å². The van der Waals surface area contributed by atoms with E-state index in [9.17, 15) is 9.59 Å². The molecule has 0 aromatic heterocycles. The number of rotatable bonds is 4. The summed E-state index contributed by atoms with van der Waals surface area (Å²) in [6.07, 6.45) is 0.172. The lowest BCUT2D eigenvalue weighted by molar-refractivity contribution is -0.243. The highest BCUT2D eigenvalue weighted by atomic mass is 17.2. The Kier molecular flexibility index (Phi) is 4.99. The van der Waals surface area contributed by atoms with Crippen LogP contribution in [0.3, 0.4) is 0 Å². The second-order valence-electron chi connectivity index (χ2n) is 1.12. The average Bonchev–Trinajstić information content (AvgIpc) is 1.89. The molecule has 0 unspecified atom stereocenters. The van der Waals surface area contributed by atoms with Gasteiger partial charge in [-0.15, -0.1) is 6.58 Å². The first-order valence-electron chi connectivity index (χ1n) is 2.36. The zero-order valence-electron chi connectivity index (χ0n) is 5.11. The van der Waals surface area contributed by atoms with Gasteiger partial charge in [0, 0.05) is 0 Å². The molecule has 5 heteroatoms. The van der Waals surface area contributed by atoms with Gasteiger partial charge in [-0.1, -0.05) is 6.08 Å². The van der Waals surface area contributed by atoms with Crippen molar-refractivity contribution in [1.82, 2.24) is 0 Å². The highest BCUT2D eigenvalue weighted by Gasteiger charge is 2.01. The average molecular weight is 146 g/mol. The van der Waals surface area contributed by atoms with Crippen molar-refractivity contribution < 1.29 is 24.1 Å². The lowest BCUT2D eigenvalue weighted by Crippen LogP contribution is -2.06. The minimum Gasteiger partial charge on any atom is -0.361 e. The smallest absolute Gasteiger partial charge is 0.361 e. The number of ether oxygens (including phenoxy) is 1. The molecule has 0 saturated carbocycles. The maximum atomic E-state index is 10.1. The van der Waals surface area contributed by atoms with E-state index in [1.165, 1.54) is 6.08 Å². The van der Waals surface area contributed by atoms with E-state index in [1.807, 2.05) is 0 Å². The summed E-state index contributed by atoms with van der Waals surface area (Å²) in [4.78, 5) is 27.5. The van der Waals surface area contributed by atoms with E-state index in [0.29, 0.717) is 0 Å². The summed E-state index contributed by atoms with van der Waals surface area (Å²) in [6, 6.07) is 0. The first-order chi connectivity index (χ1) is 4.81. The van der Waals surface area contributed by atoms with Crippen LogP contribution >= 0.6 is 0 Å². The molecule has 0 aliphatic rings. The second-order valence-corrected chi connectivity index (χ2v) is 1.12. The van der Waals surface area contributed by atoms with Gasteiger partial charge in [0.1, 0.15) is 6.61 Å². The van der Waals surface area contributed by atoms with Crippen LogP contribution in [0.15, 0.2) is 12.7 Å². The topological polar surface area (TPSA) is 61.8 Å². The zero-order chi connectivity index (χ0) is 7.82. The quantitative estimate of drug-likeness (QED) is 0.109. The van der Waals surface area contributed by atoms with Crippen LogP contribution in [0.2, 0.25) is 0 Å². The number of hydrogen-bond acceptors (Lipinski definition) is 5. The van der Waals surface area contributed by atoms with Crippen LogP contribution in [0.4, 0.5) is 4.79 Å². The zero-order valence-corrected chi connectivity index (χ0v) is 5.11. The SMILES string of the molecule is C=CCOOC(=O)OC=O. The highest BCUT2D eigenvalue weighted by molar-refractivity contribution is 5.68. The van der Waals surface area contributed by atoms with E-state index in [1.54, 1.807) is 0 Å². The van der Waals surface area contributed by atoms with Gasteiger partial charge in [-0.25, -0.2) is 4.79 Å². The van der Waals surface area contributed by atoms with Crippen molar-refractivity contribution in [2.45, 2.75) is 0 Å². The Hall–Kier alpha value is -1.36. The molecule has 56 valence electrons. The molecule has 0 aliphatic carbocycles. The molecule has 0 radical (unpaired) electrons. The van der Waals surface area contributed by atoms with E-state index in [4.69, 9.17) is 0 Å².